The lowest BCUT2D eigenvalue weighted by molar-refractivity contribution is 0.161. The molecule has 0 saturated heterocycles. The molecule has 1 heteroatoms. The Labute approximate surface area is 57.1 Å². The largest absolute Gasteiger partial charge is 0.396 e. The molecular weight excluding hydrogens is 112 g/mol. The van der Waals surface area contributed by atoms with Crippen LogP contribution in [0.2, 0.25) is 0 Å². The molecule has 1 atom stereocenters. The average molecular weight is 128 g/mol. The van der Waals surface area contributed by atoms with Gasteiger partial charge in [0.15, 0.2) is 0 Å². The van der Waals surface area contributed by atoms with E-state index in [4.69, 9.17) is 5.11 Å². The molecule has 1 N–H and O–H groups in total. The Balaban J connectivity index is 2.39. The van der Waals surface area contributed by atoms with Gasteiger partial charge in [-0.25, -0.2) is 0 Å². The molecule has 0 heterocycles. The van der Waals surface area contributed by atoms with Gasteiger partial charge in [0.2, 0.25) is 0 Å². The van der Waals surface area contributed by atoms with Gasteiger partial charge >= 0.3 is 0 Å². The predicted octanol–water partition coefficient (Wildman–Crippen LogP) is 1.80. The van der Waals surface area contributed by atoms with Crippen molar-refractivity contribution in [3.63, 3.8) is 0 Å². The van der Waals surface area contributed by atoms with Crippen LogP contribution in [-0.4, -0.2) is 11.7 Å². The molecule has 0 aromatic heterocycles. The molecule has 1 aliphatic carbocycles. The minimum absolute atomic E-state index is 0.356. The molecule has 1 aliphatic rings. The Morgan fingerprint density at radius 1 is 1.56 bits per heavy atom. The van der Waals surface area contributed by atoms with Crippen molar-refractivity contribution in [2.75, 3.05) is 6.61 Å². The van der Waals surface area contributed by atoms with Gasteiger partial charge in [-0.15, -0.1) is 0 Å². The summed E-state index contributed by atoms with van der Waals surface area (Å²) in [6.07, 6.45) is 3.71. The standard InChI is InChI=1S/C8H16O/c1-3-7(2)8(6-9)4-5-8/h7,9H,3-6H2,1-2H3. The minimum atomic E-state index is 0.356. The number of rotatable bonds is 3. The van der Waals surface area contributed by atoms with Crippen LogP contribution in [-0.2, 0) is 0 Å². The van der Waals surface area contributed by atoms with Crippen molar-refractivity contribution >= 4 is 0 Å². The van der Waals surface area contributed by atoms with Crippen LogP contribution in [0.3, 0.4) is 0 Å². The van der Waals surface area contributed by atoms with Gasteiger partial charge in [-0.05, 0) is 24.2 Å². The molecule has 54 valence electrons. The normalized spacial score (nSPS) is 25.7. The molecule has 0 bridgehead atoms. The lowest BCUT2D eigenvalue weighted by atomic mass is 9.89. The van der Waals surface area contributed by atoms with Gasteiger partial charge in [-0.2, -0.15) is 0 Å². The van der Waals surface area contributed by atoms with Crippen molar-refractivity contribution in [1.82, 2.24) is 0 Å². The third-order valence-corrected chi connectivity index (χ3v) is 2.86. The second-order valence-electron chi connectivity index (χ2n) is 3.33. The molecule has 1 unspecified atom stereocenters. The Morgan fingerprint density at radius 2 is 2.11 bits per heavy atom. The number of hydrogen-bond donors (Lipinski definition) is 1. The van der Waals surface area contributed by atoms with E-state index >= 15 is 0 Å². The summed E-state index contributed by atoms with van der Waals surface area (Å²) in [5.74, 6) is 0.725. The lowest BCUT2D eigenvalue weighted by Gasteiger charge is -2.18. The summed E-state index contributed by atoms with van der Waals surface area (Å²) in [6.45, 7) is 4.84. The van der Waals surface area contributed by atoms with Crippen LogP contribution in [0.5, 0.6) is 0 Å². The molecular formula is C8H16O. The van der Waals surface area contributed by atoms with Crippen LogP contribution < -0.4 is 0 Å². The Morgan fingerprint density at radius 3 is 2.22 bits per heavy atom. The zero-order chi connectivity index (χ0) is 6.91. The fourth-order valence-corrected chi connectivity index (χ4v) is 1.40. The summed E-state index contributed by atoms with van der Waals surface area (Å²) >= 11 is 0. The maximum absolute atomic E-state index is 8.96. The predicted molar refractivity (Wildman–Crippen MR) is 38.2 cm³/mol. The third-order valence-electron chi connectivity index (χ3n) is 2.86. The highest BCUT2D eigenvalue weighted by atomic mass is 16.3. The zero-order valence-electron chi connectivity index (χ0n) is 6.35. The molecule has 0 amide bonds. The van der Waals surface area contributed by atoms with Gasteiger partial charge in [0.1, 0.15) is 0 Å². The minimum Gasteiger partial charge on any atom is -0.396 e. The van der Waals surface area contributed by atoms with E-state index in [1.165, 1.54) is 19.3 Å². The van der Waals surface area contributed by atoms with Crippen LogP contribution in [0.1, 0.15) is 33.1 Å². The third kappa shape index (κ3) is 1.11. The van der Waals surface area contributed by atoms with Gasteiger partial charge in [0.25, 0.3) is 0 Å². The fraction of sp³-hybridized carbons (Fsp3) is 1.00. The highest BCUT2D eigenvalue weighted by molar-refractivity contribution is 4.95. The second-order valence-corrected chi connectivity index (χ2v) is 3.33. The molecule has 1 rings (SSSR count). The molecule has 0 aliphatic heterocycles. The highest BCUT2D eigenvalue weighted by Crippen LogP contribution is 2.52. The SMILES string of the molecule is CCC(C)C1(CO)CC1. The molecule has 1 saturated carbocycles. The fourth-order valence-electron chi connectivity index (χ4n) is 1.40. The number of aliphatic hydroxyl groups is 1. The van der Waals surface area contributed by atoms with Crippen molar-refractivity contribution in [3.8, 4) is 0 Å². The molecule has 0 radical (unpaired) electrons. The van der Waals surface area contributed by atoms with Crippen LogP contribution in [0, 0.1) is 11.3 Å². The van der Waals surface area contributed by atoms with E-state index in [0.29, 0.717) is 12.0 Å². The summed E-state index contributed by atoms with van der Waals surface area (Å²) in [7, 11) is 0. The van der Waals surface area contributed by atoms with E-state index in [1.54, 1.807) is 0 Å². The zero-order valence-corrected chi connectivity index (χ0v) is 6.35. The van der Waals surface area contributed by atoms with Crippen LogP contribution in [0.25, 0.3) is 0 Å². The van der Waals surface area contributed by atoms with E-state index < -0.39 is 0 Å². The van der Waals surface area contributed by atoms with Crippen molar-refractivity contribution in [1.29, 1.82) is 0 Å². The van der Waals surface area contributed by atoms with E-state index in [0.717, 1.165) is 5.92 Å². The summed E-state index contributed by atoms with van der Waals surface area (Å²) in [5, 5.41) is 8.96. The number of aliphatic hydroxyl groups excluding tert-OH is 1. The van der Waals surface area contributed by atoms with E-state index in [2.05, 4.69) is 13.8 Å². The summed E-state index contributed by atoms with van der Waals surface area (Å²) in [6, 6.07) is 0. The summed E-state index contributed by atoms with van der Waals surface area (Å²) in [4.78, 5) is 0. The summed E-state index contributed by atoms with van der Waals surface area (Å²) in [5.41, 5.74) is 0.356. The average Bonchev–Trinajstić information content (AvgIpc) is 2.66. The smallest absolute Gasteiger partial charge is 0.0489 e. The first-order valence-corrected chi connectivity index (χ1v) is 3.86. The maximum atomic E-state index is 8.96. The molecule has 1 nitrogen and oxygen atoms in total. The van der Waals surface area contributed by atoms with Crippen molar-refractivity contribution in [3.05, 3.63) is 0 Å². The Bertz CT molecular complexity index is 94.7. The van der Waals surface area contributed by atoms with E-state index in [1.807, 2.05) is 0 Å². The van der Waals surface area contributed by atoms with Crippen molar-refractivity contribution in [2.24, 2.45) is 11.3 Å². The first-order chi connectivity index (χ1) is 4.25. The van der Waals surface area contributed by atoms with Crippen LogP contribution >= 0.6 is 0 Å². The second kappa shape index (κ2) is 2.30. The van der Waals surface area contributed by atoms with Gasteiger partial charge in [-0.3, -0.25) is 0 Å². The van der Waals surface area contributed by atoms with E-state index in [-0.39, 0.29) is 0 Å². The summed E-state index contributed by atoms with van der Waals surface area (Å²) < 4.78 is 0. The molecule has 0 aromatic rings. The first-order valence-electron chi connectivity index (χ1n) is 3.86. The quantitative estimate of drug-likeness (QED) is 0.614. The van der Waals surface area contributed by atoms with Crippen LogP contribution in [0.4, 0.5) is 0 Å². The first kappa shape index (κ1) is 7.07. The molecule has 0 spiro atoms. The van der Waals surface area contributed by atoms with Gasteiger partial charge < -0.3 is 5.11 Å². The molecule has 0 aromatic carbocycles. The van der Waals surface area contributed by atoms with Gasteiger partial charge in [0, 0.05) is 6.61 Å². The molecule has 1 fully saturated rings. The lowest BCUT2D eigenvalue weighted by Crippen LogP contribution is -2.15. The van der Waals surface area contributed by atoms with Crippen molar-refractivity contribution in [2.45, 2.75) is 33.1 Å². The molecule has 9 heavy (non-hydrogen) atoms. The number of hydrogen-bond acceptors (Lipinski definition) is 1. The Kier molecular flexibility index (Phi) is 1.80. The monoisotopic (exact) mass is 128 g/mol. The topological polar surface area (TPSA) is 20.2 Å². The maximum Gasteiger partial charge on any atom is 0.0489 e. The van der Waals surface area contributed by atoms with Gasteiger partial charge in [-0.1, -0.05) is 20.3 Å². The highest BCUT2D eigenvalue weighted by Gasteiger charge is 2.45. The van der Waals surface area contributed by atoms with Crippen LogP contribution in [0.15, 0.2) is 0 Å². The van der Waals surface area contributed by atoms with Gasteiger partial charge in [0.05, 0.1) is 0 Å². The van der Waals surface area contributed by atoms with E-state index in [9.17, 15) is 0 Å². The Hall–Kier alpha value is -0.0400. The van der Waals surface area contributed by atoms with Crippen molar-refractivity contribution < 1.29 is 5.11 Å².